The predicted molar refractivity (Wildman–Crippen MR) is 306 cm³/mol. The van der Waals surface area contributed by atoms with E-state index in [9.17, 15) is 19.2 Å². The maximum absolute atomic E-state index is 10.3. The third kappa shape index (κ3) is 83.9. The van der Waals surface area contributed by atoms with Crippen LogP contribution in [0.5, 0.6) is 0 Å². The summed E-state index contributed by atoms with van der Waals surface area (Å²) in [5, 5.41) is 67.8. The predicted octanol–water partition coefficient (Wildman–Crippen LogP) is 17.0. The van der Waals surface area contributed by atoms with E-state index >= 15 is 0 Å². The van der Waals surface area contributed by atoms with Crippen molar-refractivity contribution in [2.24, 2.45) is 5.41 Å². The van der Waals surface area contributed by atoms with Crippen LogP contribution in [0.4, 0.5) is 0 Å². The maximum Gasteiger partial charge on any atom is 0.303 e. The number of hydrogen-bond acceptors (Lipinski definition) is 8. The Bertz CT molecular complexity index is 906. The van der Waals surface area contributed by atoms with Crippen LogP contribution in [0.2, 0.25) is 0 Å². The number of hydrogen-bond donors (Lipinski definition) is 8. The Hall–Kier alpha value is -2.28. The van der Waals surface area contributed by atoms with Crippen LogP contribution in [0.25, 0.3) is 0 Å². The number of carboxylic acids is 4. The van der Waals surface area contributed by atoms with Gasteiger partial charge in [0.25, 0.3) is 0 Å². The molecule has 0 saturated carbocycles. The quantitative estimate of drug-likeness (QED) is 0.0266. The minimum Gasteiger partial charge on any atom is -0.481 e. The number of aliphatic carboxylic acids is 4. The fourth-order valence-electron chi connectivity index (χ4n) is 8.06. The van der Waals surface area contributed by atoms with Gasteiger partial charge in [0.05, 0.1) is 31.8 Å². The van der Waals surface area contributed by atoms with Crippen LogP contribution in [-0.4, -0.2) is 91.2 Å². The van der Waals surface area contributed by atoms with Gasteiger partial charge in [-0.2, -0.15) is 0 Å². The monoisotopic (exact) mass is 1050 g/mol. The molecule has 440 valence electrons. The molecule has 0 radical (unpaired) electrons. The highest BCUT2D eigenvalue weighted by molar-refractivity contribution is 5.67. The minimum atomic E-state index is -1.11. The topological polar surface area (TPSA) is 230 Å². The summed E-state index contributed by atoms with van der Waals surface area (Å²) >= 11 is 0. The van der Waals surface area contributed by atoms with Crippen molar-refractivity contribution < 1.29 is 60.0 Å². The molecule has 0 aliphatic carbocycles. The van der Waals surface area contributed by atoms with E-state index in [1.807, 2.05) is 0 Å². The smallest absolute Gasteiger partial charge is 0.303 e. The number of rotatable bonds is 52. The summed E-state index contributed by atoms with van der Waals surface area (Å²) in [6, 6.07) is 0. The Morgan fingerprint density at radius 2 is 0.329 bits per heavy atom. The molecule has 0 atom stereocenters. The first kappa shape index (κ1) is 79.6. The first-order valence-corrected chi connectivity index (χ1v) is 30.6. The fraction of sp³-hybridized carbons (Fsp3) is 0.934. The summed E-state index contributed by atoms with van der Waals surface area (Å²) in [5.41, 5.74) is -1.11. The van der Waals surface area contributed by atoms with E-state index in [1.54, 1.807) is 0 Å². The van der Waals surface area contributed by atoms with Gasteiger partial charge < -0.3 is 40.9 Å². The van der Waals surface area contributed by atoms with E-state index in [2.05, 4.69) is 27.7 Å². The zero-order valence-corrected chi connectivity index (χ0v) is 48.5. The van der Waals surface area contributed by atoms with Gasteiger partial charge in [0.2, 0.25) is 0 Å². The SMILES string of the molecule is CCCCCCCCCCCCCC(=O)O.CCCCCCCCCCCCCC(=O)O.CCCCCCCCCCCCCC(=O)O.CCCCCCCCCCCCCC(=O)O.OCC(CO)(CO)CO. The van der Waals surface area contributed by atoms with Crippen molar-refractivity contribution in [3.05, 3.63) is 0 Å². The molecule has 12 heteroatoms. The van der Waals surface area contributed by atoms with Gasteiger partial charge in [0.15, 0.2) is 0 Å². The van der Waals surface area contributed by atoms with Crippen LogP contribution in [0.15, 0.2) is 0 Å². The molecule has 0 spiro atoms. The Morgan fingerprint density at radius 1 is 0.219 bits per heavy atom. The number of aliphatic hydroxyl groups is 4. The molecule has 0 aromatic rings. The first-order valence-electron chi connectivity index (χ1n) is 30.6. The van der Waals surface area contributed by atoms with E-state index in [0.29, 0.717) is 25.7 Å². The molecule has 0 rings (SSSR count). The Labute approximate surface area is 450 Å². The van der Waals surface area contributed by atoms with Crippen LogP contribution < -0.4 is 0 Å². The second-order valence-electron chi connectivity index (χ2n) is 20.8. The molecule has 8 N–H and O–H groups in total. The van der Waals surface area contributed by atoms with Crippen molar-refractivity contribution in [2.75, 3.05) is 26.4 Å². The highest BCUT2D eigenvalue weighted by atomic mass is 16.4. The van der Waals surface area contributed by atoms with Crippen molar-refractivity contribution in [3.63, 3.8) is 0 Å². The van der Waals surface area contributed by atoms with Crippen molar-refractivity contribution in [3.8, 4) is 0 Å². The van der Waals surface area contributed by atoms with Crippen LogP contribution >= 0.6 is 0 Å². The summed E-state index contributed by atoms with van der Waals surface area (Å²) in [7, 11) is 0. The van der Waals surface area contributed by atoms with E-state index in [-0.39, 0.29) is 0 Å². The molecule has 0 aromatic heterocycles. The van der Waals surface area contributed by atoms with E-state index in [1.165, 1.54) is 231 Å². The normalized spacial score (nSPS) is 10.7. The number of unbranched alkanes of at least 4 members (excludes halogenated alkanes) is 40. The molecule has 0 saturated heterocycles. The highest BCUT2D eigenvalue weighted by Gasteiger charge is 2.26. The third-order valence-corrected chi connectivity index (χ3v) is 13.3. The molecule has 0 unspecified atom stereocenters. The maximum atomic E-state index is 10.3. The molecule has 0 fully saturated rings. The average Bonchev–Trinajstić information content (AvgIpc) is 3.37. The molecular formula is C61H124O12. The van der Waals surface area contributed by atoms with Gasteiger partial charge in [0, 0.05) is 25.7 Å². The zero-order chi connectivity index (χ0) is 55.6. The van der Waals surface area contributed by atoms with Gasteiger partial charge in [-0.1, -0.05) is 285 Å². The average molecular weight is 1050 g/mol. The molecular weight excluding hydrogens is 925 g/mol. The lowest BCUT2D eigenvalue weighted by atomic mass is 9.93. The Kier molecular flexibility index (Phi) is 78.3. The second kappa shape index (κ2) is 71.8. The third-order valence-electron chi connectivity index (χ3n) is 13.3. The van der Waals surface area contributed by atoms with Gasteiger partial charge >= 0.3 is 23.9 Å². The highest BCUT2D eigenvalue weighted by Crippen LogP contribution is 2.16. The molecule has 73 heavy (non-hydrogen) atoms. The van der Waals surface area contributed by atoms with Crippen LogP contribution in [0.3, 0.4) is 0 Å². The summed E-state index contributed by atoms with van der Waals surface area (Å²) in [6.07, 6.45) is 57.4. The summed E-state index contributed by atoms with van der Waals surface area (Å²) < 4.78 is 0. The summed E-state index contributed by atoms with van der Waals surface area (Å²) in [6.45, 7) is 7.36. The number of aliphatic hydroxyl groups excluding tert-OH is 4. The van der Waals surface area contributed by atoms with Gasteiger partial charge in [-0.05, 0) is 25.7 Å². The first-order chi connectivity index (χ1) is 35.3. The second-order valence-corrected chi connectivity index (χ2v) is 20.8. The van der Waals surface area contributed by atoms with Crippen molar-refractivity contribution in [1.29, 1.82) is 0 Å². The standard InChI is InChI=1S/4C14H28O2.C5H12O4/c4*1-2-3-4-5-6-7-8-9-10-11-12-13-14(15)16;6-1-5(2-7,3-8)4-9/h4*2-13H2,1H3,(H,15,16);6-9H,1-4H2. The zero-order valence-electron chi connectivity index (χ0n) is 48.5. The van der Waals surface area contributed by atoms with Gasteiger partial charge in [0.1, 0.15) is 0 Å². The summed E-state index contributed by atoms with van der Waals surface area (Å²) in [5.74, 6) is -2.63. The lowest BCUT2D eigenvalue weighted by Crippen LogP contribution is -2.37. The molecule has 0 bridgehead atoms. The number of carboxylic acid groups (broad SMARTS) is 4. The van der Waals surface area contributed by atoms with E-state index in [4.69, 9.17) is 40.9 Å². The van der Waals surface area contributed by atoms with Gasteiger partial charge in [-0.3, -0.25) is 19.2 Å². The van der Waals surface area contributed by atoms with Gasteiger partial charge in [-0.25, -0.2) is 0 Å². The van der Waals surface area contributed by atoms with Crippen LogP contribution in [-0.2, 0) is 19.2 Å². The Balaban J connectivity index is -0.000000267. The van der Waals surface area contributed by atoms with Crippen molar-refractivity contribution >= 4 is 23.9 Å². The van der Waals surface area contributed by atoms with Gasteiger partial charge in [-0.15, -0.1) is 0 Å². The van der Waals surface area contributed by atoms with Crippen molar-refractivity contribution in [1.82, 2.24) is 0 Å². The van der Waals surface area contributed by atoms with E-state index < -0.39 is 55.7 Å². The molecule has 0 heterocycles. The van der Waals surface area contributed by atoms with E-state index in [0.717, 1.165) is 51.4 Å². The molecule has 0 aromatic carbocycles. The lowest BCUT2D eigenvalue weighted by molar-refractivity contribution is -0.138. The molecule has 0 amide bonds. The fourth-order valence-corrected chi connectivity index (χ4v) is 8.06. The largest absolute Gasteiger partial charge is 0.481 e. The lowest BCUT2D eigenvalue weighted by Gasteiger charge is -2.23. The van der Waals surface area contributed by atoms with Crippen LogP contribution in [0.1, 0.15) is 336 Å². The minimum absolute atomic E-state index is 0.344. The van der Waals surface area contributed by atoms with Crippen molar-refractivity contribution in [2.45, 2.75) is 336 Å². The number of carbonyl (C=O) groups is 4. The Morgan fingerprint density at radius 3 is 0.411 bits per heavy atom. The summed E-state index contributed by atoms with van der Waals surface area (Å²) in [4.78, 5) is 41.0. The molecule has 12 nitrogen and oxygen atoms in total. The molecule has 0 aliphatic rings. The molecule has 0 aliphatic heterocycles. The van der Waals surface area contributed by atoms with Crippen LogP contribution in [0, 0.1) is 5.41 Å².